The molecule has 2 heterocycles. The number of carbonyl (C=O) groups is 2. The number of hydrazine groups is 1. The van der Waals surface area contributed by atoms with Crippen molar-refractivity contribution < 1.29 is 14.7 Å². The zero-order chi connectivity index (χ0) is 23.1. The molecule has 3 N–H and O–H groups in total. The smallest absolute Gasteiger partial charge is 0.236 e. The van der Waals surface area contributed by atoms with Crippen LogP contribution in [0.5, 0.6) is 0 Å². The molecule has 7 heteroatoms. The third-order valence-electron chi connectivity index (χ3n) is 5.96. The van der Waals surface area contributed by atoms with Gasteiger partial charge in [-0.3, -0.25) is 19.6 Å². The summed E-state index contributed by atoms with van der Waals surface area (Å²) in [5, 5.41) is 11.9. The number of β-amino-alcohol motifs (C(OH)–C–C–N with tert-alkyl or cyclic N) is 1. The van der Waals surface area contributed by atoms with Crippen molar-refractivity contribution in [1.82, 2.24) is 14.9 Å². The molecule has 1 fully saturated rings. The molecule has 2 atom stereocenters. The van der Waals surface area contributed by atoms with Gasteiger partial charge in [-0.2, -0.15) is 0 Å². The molecule has 0 spiro atoms. The number of carbonyl (C=O) groups excluding carboxylic acids is 2. The summed E-state index contributed by atoms with van der Waals surface area (Å²) in [7, 11) is 0. The van der Waals surface area contributed by atoms with Crippen LogP contribution in [0.15, 0.2) is 48.7 Å². The van der Waals surface area contributed by atoms with Crippen LogP contribution in [-0.4, -0.2) is 57.0 Å². The lowest BCUT2D eigenvalue weighted by atomic mass is 10.0. The molecule has 1 aliphatic rings. The number of pyridine rings is 1. The summed E-state index contributed by atoms with van der Waals surface area (Å²) in [6, 6.07) is 13.1. The molecule has 32 heavy (non-hydrogen) atoms. The maximum absolute atomic E-state index is 13.0. The highest BCUT2D eigenvalue weighted by atomic mass is 16.3. The molecule has 7 nitrogen and oxygen atoms in total. The topological polar surface area (TPSA) is 99.8 Å². The number of aliphatic hydroxyl groups is 1. The number of hydrogen-bond acceptors (Lipinski definition) is 5. The second-order valence-corrected chi connectivity index (χ2v) is 8.94. The molecule has 2 unspecified atom stereocenters. The van der Waals surface area contributed by atoms with Gasteiger partial charge in [0.25, 0.3) is 0 Å². The van der Waals surface area contributed by atoms with Crippen molar-refractivity contribution in [1.29, 1.82) is 0 Å². The van der Waals surface area contributed by atoms with Gasteiger partial charge in [-0.25, -0.2) is 5.84 Å². The molecule has 1 saturated heterocycles. The van der Waals surface area contributed by atoms with Gasteiger partial charge in [0, 0.05) is 31.3 Å². The minimum absolute atomic E-state index is 0.0439. The van der Waals surface area contributed by atoms with Crippen molar-refractivity contribution in [3.05, 3.63) is 54.2 Å². The summed E-state index contributed by atoms with van der Waals surface area (Å²) in [6.45, 7) is 4.84. The number of nitrogens with zero attached hydrogens (tertiary/aromatic N) is 3. The Kier molecular flexibility index (Phi) is 8.36. The Labute approximate surface area is 190 Å². The fraction of sp³-hybridized carbons (Fsp3) is 0.480. The van der Waals surface area contributed by atoms with Gasteiger partial charge in [0.2, 0.25) is 11.8 Å². The van der Waals surface area contributed by atoms with Gasteiger partial charge in [-0.05, 0) is 48.9 Å². The minimum atomic E-state index is -0.866. The van der Waals surface area contributed by atoms with E-state index in [4.69, 9.17) is 5.84 Å². The highest BCUT2D eigenvalue weighted by molar-refractivity contribution is 5.79. The van der Waals surface area contributed by atoms with E-state index in [-0.39, 0.29) is 24.8 Å². The predicted molar refractivity (Wildman–Crippen MR) is 124 cm³/mol. The second kappa shape index (κ2) is 11.2. The quantitative estimate of drug-likeness (QED) is 0.393. The molecule has 0 radical (unpaired) electrons. The highest BCUT2D eigenvalue weighted by Crippen LogP contribution is 2.21. The van der Waals surface area contributed by atoms with Gasteiger partial charge in [0.05, 0.1) is 24.3 Å². The molecule has 172 valence electrons. The first-order valence-electron chi connectivity index (χ1n) is 11.4. The lowest BCUT2D eigenvalue weighted by Gasteiger charge is -2.31. The number of rotatable bonds is 7. The van der Waals surface area contributed by atoms with Crippen molar-refractivity contribution in [3.63, 3.8) is 0 Å². The molecule has 0 bridgehead atoms. The summed E-state index contributed by atoms with van der Waals surface area (Å²) in [5.74, 6) is 6.28. The Morgan fingerprint density at radius 2 is 2.06 bits per heavy atom. The van der Waals surface area contributed by atoms with E-state index >= 15 is 0 Å². The zero-order valence-corrected chi connectivity index (χ0v) is 19.0. The van der Waals surface area contributed by atoms with Gasteiger partial charge >= 0.3 is 0 Å². The molecular formula is C25H34N4O3. The van der Waals surface area contributed by atoms with Crippen LogP contribution in [0.25, 0.3) is 11.3 Å². The fourth-order valence-electron chi connectivity index (χ4n) is 4.06. The summed E-state index contributed by atoms with van der Waals surface area (Å²) in [4.78, 5) is 31.5. The highest BCUT2D eigenvalue weighted by Gasteiger charge is 2.32. The van der Waals surface area contributed by atoms with Crippen molar-refractivity contribution >= 4 is 11.8 Å². The largest absolute Gasteiger partial charge is 0.389 e. The minimum Gasteiger partial charge on any atom is -0.389 e. The molecule has 3 rings (SSSR count). The van der Waals surface area contributed by atoms with Crippen molar-refractivity contribution in [2.24, 2.45) is 11.8 Å². The number of aliphatic hydroxyl groups excluding tert-OH is 1. The van der Waals surface area contributed by atoms with Crippen LogP contribution in [0.1, 0.15) is 45.1 Å². The number of amides is 2. The SMILES string of the molecule is CC(C)CCC(=O)N(N)C1CCCN(C(=O)Cc2cccc(-c3ccccn3)c2)CC1O. The molecule has 2 amide bonds. The number of likely N-dealkylation sites (tertiary alicyclic amines) is 1. The third-order valence-corrected chi connectivity index (χ3v) is 5.96. The molecule has 1 aliphatic heterocycles. The molecule has 0 aliphatic carbocycles. The van der Waals surface area contributed by atoms with E-state index in [9.17, 15) is 14.7 Å². The molecule has 1 aromatic heterocycles. The number of nitrogens with two attached hydrogens (primary N) is 1. The Balaban J connectivity index is 1.61. The molecular weight excluding hydrogens is 404 g/mol. The summed E-state index contributed by atoms with van der Waals surface area (Å²) < 4.78 is 0. The number of hydrogen-bond donors (Lipinski definition) is 2. The van der Waals surface area contributed by atoms with Gasteiger partial charge in [0.1, 0.15) is 0 Å². The van der Waals surface area contributed by atoms with Gasteiger partial charge in [-0.15, -0.1) is 0 Å². The van der Waals surface area contributed by atoms with Crippen LogP contribution in [0.2, 0.25) is 0 Å². The summed E-state index contributed by atoms with van der Waals surface area (Å²) >= 11 is 0. The number of benzene rings is 1. The first-order valence-corrected chi connectivity index (χ1v) is 11.4. The van der Waals surface area contributed by atoms with E-state index in [2.05, 4.69) is 18.8 Å². The Bertz CT molecular complexity index is 903. The Morgan fingerprint density at radius 1 is 1.25 bits per heavy atom. The first-order chi connectivity index (χ1) is 15.3. The average Bonchev–Trinajstić information content (AvgIpc) is 2.99. The van der Waals surface area contributed by atoms with E-state index < -0.39 is 12.1 Å². The summed E-state index contributed by atoms with van der Waals surface area (Å²) in [5.41, 5.74) is 2.73. The predicted octanol–water partition coefficient (Wildman–Crippen LogP) is 2.78. The van der Waals surface area contributed by atoms with Crippen LogP contribution in [-0.2, 0) is 16.0 Å². The zero-order valence-electron chi connectivity index (χ0n) is 19.0. The Morgan fingerprint density at radius 3 is 2.78 bits per heavy atom. The maximum atomic E-state index is 13.0. The average molecular weight is 439 g/mol. The van der Waals surface area contributed by atoms with Crippen LogP contribution >= 0.6 is 0 Å². The van der Waals surface area contributed by atoms with Gasteiger partial charge in [-0.1, -0.05) is 38.1 Å². The van der Waals surface area contributed by atoms with Crippen molar-refractivity contribution in [3.8, 4) is 11.3 Å². The monoisotopic (exact) mass is 438 g/mol. The van der Waals surface area contributed by atoms with E-state index in [0.717, 1.165) is 23.2 Å². The normalized spacial score (nSPS) is 19.0. The van der Waals surface area contributed by atoms with Gasteiger partial charge < -0.3 is 10.0 Å². The molecule has 0 saturated carbocycles. The van der Waals surface area contributed by atoms with Crippen molar-refractivity contribution in [2.75, 3.05) is 13.1 Å². The van der Waals surface area contributed by atoms with Crippen LogP contribution < -0.4 is 5.84 Å². The van der Waals surface area contributed by atoms with E-state index in [1.54, 1.807) is 11.1 Å². The molecule has 1 aromatic carbocycles. The van der Waals surface area contributed by atoms with E-state index in [1.165, 1.54) is 5.01 Å². The summed E-state index contributed by atoms with van der Waals surface area (Å²) in [6.07, 6.45) is 3.52. The molecule has 2 aromatic rings. The van der Waals surface area contributed by atoms with Gasteiger partial charge in [0.15, 0.2) is 0 Å². The lowest BCUT2D eigenvalue weighted by molar-refractivity contribution is -0.137. The lowest BCUT2D eigenvalue weighted by Crippen LogP contribution is -2.53. The van der Waals surface area contributed by atoms with E-state index in [1.807, 2.05) is 42.5 Å². The number of aromatic nitrogens is 1. The first kappa shape index (κ1) is 23.9. The second-order valence-electron chi connectivity index (χ2n) is 8.94. The van der Waals surface area contributed by atoms with Crippen LogP contribution in [0.4, 0.5) is 0 Å². The maximum Gasteiger partial charge on any atom is 0.236 e. The fourth-order valence-corrected chi connectivity index (χ4v) is 4.06. The Hall–Kier alpha value is -2.77. The standard InChI is InChI=1S/C25H34N4O3/c1-18(2)11-12-24(31)29(26)22-10-6-14-28(17-23(22)30)25(32)16-19-7-5-8-20(15-19)21-9-3-4-13-27-21/h3-5,7-9,13,15,18,22-23,30H,6,10-12,14,16-17,26H2,1-2H3. The van der Waals surface area contributed by atoms with Crippen LogP contribution in [0.3, 0.4) is 0 Å². The third kappa shape index (κ3) is 6.37. The van der Waals surface area contributed by atoms with Crippen LogP contribution in [0, 0.1) is 5.92 Å². The van der Waals surface area contributed by atoms with E-state index in [0.29, 0.717) is 31.7 Å². The van der Waals surface area contributed by atoms with Crippen molar-refractivity contribution in [2.45, 2.75) is 58.1 Å².